The first-order valence-electron chi connectivity index (χ1n) is 8.30. The molecule has 122 valence electrons. The Hall–Kier alpha value is -0.810. The summed E-state index contributed by atoms with van der Waals surface area (Å²) in [6.45, 7) is 12.2. The van der Waals surface area contributed by atoms with Gasteiger partial charge in [-0.15, -0.1) is 0 Å². The maximum Gasteiger partial charge on any atom is 0.320 e. The van der Waals surface area contributed by atoms with Crippen molar-refractivity contribution >= 4 is 6.03 Å². The van der Waals surface area contributed by atoms with Gasteiger partial charge in [0.25, 0.3) is 0 Å². The minimum absolute atomic E-state index is 0.117. The first kappa shape index (κ1) is 16.6. The number of urea groups is 1. The molecule has 2 aliphatic rings. The molecule has 21 heavy (non-hydrogen) atoms. The first-order chi connectivity index (χ1) is 9.78. The molecule has 0 unspecified atom stereocenters. The van der Waals surface area contributed by atoms with E-state index in [1.54, 1.807) is 13.8 Å². The SMILES string of the molecule is CC(C)N1CCC(N2CCCN(CC(C)(C)O)C2=O)CC1. The van der Waals surface area contributed by atoms with Crippen molar-refractivity contribution in [3.63, 3.8) is 0 Å². The highest BCUT2D eigenvalue weighted by Crippen LogP contribution is 2.23. The van der Waals surface area contributed by atoms with Crippen LogP contribution in [-0.2, 0) is 0 Å². The fourth-order valence-corrected chi connectivity index (χ4v) is 3.47. The third-order valence-corrected chi connectivity index (χ3v) is 4.59. The van der Waals surface area contributed by atoms with E-state index in [-0.39, 0.29) is 6.03 Å². The van der Waals surface area contributed by atoms with E-state index in [4.69, 9.17) is 0 Å². The van der Waals surface area contributed by atoms with Crippen LogP contribution in [0.4, 0.5) is 4.79 Å². The van der Waals surface area contributed by atoms with Crippen molar-refractivity contribution in [3.8, 4) is 0 Å². The highest BCUT2D eigenvalue weighted by atomic mass is 16.3. The minimum atomic E-state index is -0.820. The number of rotatable bonds is 4. The Labute approximate surface area is 128 Å². The van der Waals surface area contributed by atoms with Crippen molar-refractivity contribution in [2.75, 3.05) is 32.7 Å². The van der Waals surface area contributed by atoms with Crippen LogP contribution in [0.1, 0.15) is 47.0 Å². The molecule has 1 N–H and O–H groups in total. The van der Waals surface area contributed by atoms with E-state index in [1.165, 1.54) is 0 Å². The van der Waals surface area contributed by atoms with Crippen molar-refractivity contribution in [3.05, 3.63) is 0 Å². The highest BCUT2D eigenvalue weighted by Gasteiger charge is 2.35. The van der Waals surface area contributed by atoms with Crippen molar-refractivity contribution < 1.29 is 9.90 Å². The van der Waals surface area contributed by atoms with Crippen LogP contribution in [0.2, 0.25) is 0 Å². The van der Waals surface area contributed by atoms with Crippen LogP contribution < -0.4 is 0 Å². The summed E-state index contributed by atoms with van der Waals surface area (Å²) in [5, 5.41) is 9.96. The van der Waals surface area contributed by atoms with Gasteiger partial charge in [-0.25, -0.2) is 4.79 Å². The van der Waals surface area contributed by atoms with Gasteiger partial charge < -0.3 is 19.8 Å². The smallest absolute Gasteiger partial charge is 0.320 e. The topological polar surface area (TPSA) is 47.0 Å². The Bertz CT molecular complexity index is 357. The minimum Gasteiger partial charge on any atom is -0.389 e. The van der Waals surface area contributed by atoms with Crippen LogP contribution >= 0.6 is 0 Å². The normalized spacial score (nSPS) is 23.2. The van der Waals surface area contributed by atoms with Crippen molar-refractivity contribution in [2.24, 2.45) is 0 Å². The Balaban J connectivity index is 1.93. The third kappa shape index (κ3) is 4.33. The van der Waals surface area contributed by atoms with Crippen molar-refractivity contribution in [1.82, 2.24) is 14.7 Å². The fourth-order valence-electron chi connectivity index (χ4n) is 3.47. The molecule has 0 aromatic carbocycles. The number of hydrogen-bond acceptors (Lipinski definition) is 3. The number of amides is 2. The second kappa shape index (κ2) is 6.53. The van der Waals surface area contributed by atoms with E-state index >= 15 is 0 Å². The average Bonchev–Trinajstić information content (AvgIpc) is 2.40. The lowest BCUT2D eigenvalue weighted by molar-refractivity contribution is 0.0204. The summed E-state index contributed by atoms with van der Waals surface area (Å²) in [5.41, 5.74) is -0.820. The van der Waals surface area contributed by atoms with Crippen LogP contribution in [0.5, 0.6) is 0 Å². The van der Waals surface area contributed by atoms with Crippen molar-refractivity contribution in [2.45, 2.75) is 64.6 Å². The Kier molecular flexibility index (Phi) is 5.15. The summed E-state index contributed by atoms with van der Waals surface area (Å²) in [6, 6.07) is 1.08. The largest absolute Gasteiger partial charge is 0.389 e. The molecule has 2 fully saturated rings. The van der Waals surface area contributed by atoms with Crippen LogP contribution in [0.15, 0.2) is 0 Å². The lowest BCUT2D eigenvalue weighted by Crippen LogP contribution is -2.58. The molecule has 0 atom stereocenters. The zero-order chi connectivity index (χ0) is 15.6. The molecule has 0 saturated carbocycles. The van der Waals surface area contributed by atoms with Gasteiger partial charge in [-0.1, -0.05) is 0 Å². The van der Waals surface area contributed by atoms with Gasteiger partial charge in [-0.05, 0) is 47.0 Å². The number of carbonyl (C=O) groups excluding carboxylic acids is 1. The van der Waals surface area contributed by atoms with Crippen LogP contribution in [0.25, 0.3) is 0 Å². The number of likely N-dealkylation sites (tertiary alicyclic amines) is 1. The molecule has 0 spiro atoms. The van der Waals surface area contributed by atoms with Gasteiger partial charge in [0.15, 0.2) is 0 Å². The standard InChI is InChI=1S/C16H31N3O2/c1-13(2)17-10-6-14(7-11-17)19-9-5-8-18(15(19)20)12-16(3,4)21/h13-14,21H,5-12H2,1-4H3. The lowest BCUT2D eigenvalue weighted by Gasteiger charge is -2.45. The van der Waals surface area contributed by atoms with Gasteiger partial charge in [0.05, 0.1) is 12.1 Å². The average molecular weight is 297 g/mol. The molecule has 2 amide bonds. The summed E-state index contributed by atoms with van der Waals surface area (Å²) in [4.78, 5) is 19.0. The molecular weight excluding hydrogens is 266 g/mol. The summed E-state index contributed by atoms with van der Waals surface area (Å²) in [7, 11) is 0. The molecule has 0 aromatic rings. The Morgan fingerprint density at radius 3 is 2.33 bits per heavy atom. The molecule has 0 radical (unpaired) electrons. The van der Waals surface area contributed by atoms with Crippen molar-refractivity contribution in [1.29, 1.82) is 0 Å². The van der Waals surface area contributed by atoms with Gasteiger partial charge in [0.1, 0.15) is 0 Å². The Morgan fingerprint density at radius 2 is 1.81 bits per heavy atom. The number of piperidine rings is 1. The van der Waals surface area contributed by atoms with Gasteiger partial charge in [0.2, 0.25) is 0 Å². The molecule has 5 nitrogen and oxygen atoms in total. The maximum absolute atomic E-state index is 12.6. The molecular formula is C16H31N3O2. The van der Waals surface area contributed by atoms with Crippen LogP contribution in [0.3, 0.4) is 0 Å². The molecule has 0 aliphatic carbocycles. The van der Waals surface area contributed by atoms with E-state index in [0.29, 0.717) is 18.6 Å². The third-order valence-electron chi connectivity index (χ3n) is 4.59. The molecule has 2 saturated heterocycles. The number of nitrogens with zero attached hydrogens (tertiary/aromatic N) is 3. The van der Waals surface area contributed by atoms with Gasteiger partial charge in [-0.3, -0.25) is 0 Å². The second-order valence-corrected chi connectivity index (χ2v) is 7.42. The van der Waals surface area contributed by atoms with E-state index in [9.17, 15) is 9.90 Å². The second-order valence-electron chi connectivity index (χ2n) is 7.42. The Morgan fingerprint density at radius 1 is 1.19 bits per heavy atom. The number of aliphatic hydroxyl groups is 1. The first-order valence-corrected chi connectivity index (χ1v) is 8.30. The van der Waals surface area contributed by atoms with Gasteiger partial charge in [0, 0.05) is 38.3 Å². The molecule has 2 heterocycles. The quantitative estimate of drug-likeness (QED) is 0.860. The van der Waals surface area contributed by atoms with E-state index in [0.717, 1.165) is 45.4 Å². The van der Waals surface area contributed by atoms with Crippen LogP contribution in [-0.4, -0.2) is 76.2 Å². The fraction of sp³-hybridized carbons (Fsp3) is 0.938. The summed E-state index contributed by atoms with van der Waals surface area (Å²) >= 11 is 0. The number of β-amino-alcohol motifs (C(OH)–C–C–N with tert-alkyl or cyclic N) is 1. The zero-order valence-corrected chi connectivity index (χ0v) is 14.0. The van der Waals surface area contributed by atoms with Gasteiger partial charge in [-0.2, -0.15) is 0 Å². The monoisotopic (exact) mass is 297 g/mol. The number of carbonyl (C=O) groups is 1. The summed E-state index contributed by atoms with van der Waals surface area (Å²) in [6.07, 6.45) is 3.15. The molecule has 0 aromatic heterocycles. The molecule has 2 aliphatic heterocycles. The van der Waals surface area contributed by atoms with E-state index < -0.39 is 5.60 Å². The predicted octanol–water partition coefficient (Wildman–Crippen LogP) is 1.76. The van der Waals surface area contributed by atoms with E-state index in [1.807, 2.05) is 9.80 Å². The zero-order valence-electron chi connectivity index (χ0n) is 14.0. The lowest BCUT2D eigenvalue weighted by atomic mass is 10.0. The highest BCUT2D eigenvalue weighted by molar-refractivity contribution is 5.75. The molecule has 0 bridgehead atoms. The molecule has 2 rings (SSSR count). The summed E-state index contributed by atoms with van der Waals surface area (Å²) < 4.78 is 0. The maximum atomic E-state index is 12.6. The molecule has 5 heteroatoms. The van der Waals surface area contributed by atoms with Gasteiger partial charge >= 0.3 is 6.03 Å². The predicted molar refractivity (Wildman–Crippen MR) is 84.3 cm³/mol. The number of hydrogen-bond donors (Lipinski definition) is 1. The summed E-state index contributed by atoms with van der Waals surface area (Å²) in [5.74, 6) is 0. The van der Waals surface area contributed by atoms with Crippen LogP contribution in [0, 0.1) is 0 Å². The van der Waals surface area contributed by atoms with E-state index in [2.05, 4.69) is 18.7 Å².